The zero-order chi connectivity index (χ0) is 26.3. The maximum atomic E-state index is 12.6. The number of nitrogens with zero attached hydrogens (tertiary/aromatic N) is 4. The van der Waals surface area contributed by atoms with E-state index in [1.54, 1.807) is 4.90 Å². The van der Waals surface area contributed by atoms with Crippen LogP contribution in [0.3, 0.4) is 0 Å². The van der Waals surface area contributed by atoms with Gasteiger partial charge < -0.3 is 19.3 Å². The van der Waals surface area contributed by atoms with Crippen LogP contribution in [0.15, 0.2) is 36.4 Å². The number of hydrogen-bond donors (Lipinski definition) is 1. The summed E-state index contributed by atoms with van der Waals surface area (Å²) in [5.41, 5.74) is 6.30. The van der Waals surface area contributed by atoms with Crippen LogP contribution < -0.4 is 9.80 Å². The average molecular weight is 505 g/mol. The van der Waals surface area contributed by atoms with Crippen LogP contribution in [0, 0.1) is 5.92 Å². The number of fused-ring (bicyclic) bond motifs is 3. The normalized spacial score (nSPS) is 21.5. The number of benzene rings is 2. The fourth-order valence-electron chi connectivity index (χ4n) is 6.03. The molecule has 3 aromatic rings. The van der Waals surface area contributed by atoms with Gasteiger partial charge in [-0.3, -0.25) is 9.69 Å². The van der Waals surface area contributed by atoms with Gasteiger partial charge in [0, 0.05) is 43.9 Å². The largest absolute Gasteiger partial charge is 0.481 e. The molecular formula is C29H36N4O4. The van der Waals surface area contributed by atoms with Gasteiger partial charge in [-0.1, -0.05) is 12.1 Å². The third-order valence-corrected chi connectivity index (χ3v) is 8.13. The van der Waals surface area contributed by atoms with Crippen LogP contribution in [0.25, 0.3) is 11.0 Å². The van der Waals surface area contributed by atoms with Crippen LogP contribution in [0.4, 0.5) is 16.2 Å². The van der Waals surface area contributed by atoms with Crippen molar-refractivity contribution in [2.24, 2.45) is 5.92 Å². The third-order valence-electron chi connectivity index (χ3n) is 8.13. The van der Waals surface area contributed by atoms with Crippen LogP contribution in [0.5, 0.6) is 0 Å². The van der Waals surface area contributed by atoms with Gasteiger partial charge in [0.15, 0.2) is 0 Å². The lowest BCUT2D eigenvalue weighted by Crippen LogP contribution is -2.42. The van der Waals surface area contributed by atoms with Crippen LogP contribution in [0.1, 0.15) is 62.0 Å². The summed E-state index contributed by atoms with van der Waals surface area (Å²) >= 11 is 0. The third kappa shape index (κ3) is 4.65. The standard InChI is InChI=1S/C29H36N4O4/c1-18-5-14-23-24(32(18)29(36)37-4)15-16-25-27(23)30-26(17-19-6-10-21(11-7-19)31(2)3)33(25)22-12-8-20(9-13-22)28(34)35/h6-7,10-11,15-16,18,20,22H,5,8-9,12-14,17H2,1-4H3,(H,34,35)/t18-,20?,22?/m0/s1. The van der Waals surface area contributed by atoms with Gasteiger partial charge in [-0.15, -0.1) is 0 Å². The molecule has 196 valence electrons. The summed E-state index contributed by atoms with van der Waals surface area (Å²) < 4.78 is 7.45. The monoisotopic (exact) mass is 504 g/mol. The van der Waals surface area contributed by atoms with Crippen LogP contribution in [-0.2, 0) is 22.4 Å². The predicted molar refractivity (Wildman–Crippen MR) is 145 cm³/mol. The minimum absolute atomic E-state index is 0.0560. The summed E-state index contributed by atoms with van der Waals surface area (Å²) in [5.74, 6) is 0.0279. The van der Waals surface area contributed by atoms with Crippen molar-refractivity contribution in [2.75, 3.05) is 31.0 Å². The molecule has 1 fully saturated rings. The maximum Gasteiger partial charge on any atom is 0.414 e. The molecule has 1 aliphatic carbocycles. The first-order valence-corrected chi connectivity index (χ1v) is 13.2. The van der Waals surface area contributed by atoms with Crippen molar-refractivity contribution in [3.8, 4) is 0 Å². The molecule has 1 aromatic heterocycles. The number of aliphatic carboxylic acids is 1. The van der Waals surface area contributed by atoms with Crippen LogP contribution in [-0.4, -0.2) is 54.0 Å². The van der Waals surface area contributed by atoms with Crippen molar-refractivity contribution < 1.29 is 19.4 Å². The number of rotatable bonds is 5. The number of imidazole rings is 1. The van der Waals surface area contributed by atoms with Gasteiger partial charge >= 0.3 is 12.1 Å². The highest BCUT2D eigenvalue weighted by Crippen LogP contribution is 2.40. The van der Waals surface area contributed by atoms with Crippen molar-refractivity contribution in [2.45, 2.75) is 64.0 Å². The van der Waals surface area contributed by atoms with Crippen LogP contribution in [0.2, 0.25) is 0 Å². The number of hydrogen-bond acceptors (Lipinski definition) is 5. The molecular weight excluding hydrogens is 468 g/mol. The van der Waals surface area contributed by atoms with Crippen molar-refractivity contribution in [1.29, 1.82) is 0 Å². The Labute approximate surface area is 217 Å². The average Bonchev–Trinajstić information content (AvgIpc) is 3.26. The number of ether oxygens (including phenoxy) is 1. The lowest BCUT2D eigenvalue weighted by atomic mass is 9.85. The topological polar surface area (TPSA) is 87.9 Å². The molecule has 0 unspecified atom stereocenters. The minimum Gasteiger partial charge on any atom is -0.481 e. The van der Waals surface area contributed by atoms with Crippen molar-refractivity contribution in [3.05, 3.63) is 53.3 Å². The maximum absolute atomic E-state index is 12.6. The Bertz CT molecular complexity index is 1310. The van der Waals surface area contributed by atoms with Gasteiger partial charge in [0.25, 0.3) is 0 Å². The Morgan fingerprint density at radius 2 is 1.76 bits per heavy atom. The molecule has 2 heterocycles. The van der Waals surface area contributed by atoms with E-state index in [1.807, 2.05) is 27.1 Å². The first-order chi connectivity index (χ1) is 17.8. The number of aromatic nitrogens is 2. The van der Waals surface area contributed by atoms with Crippen LogP contribution >= 0.6 is 0 Å². The Morgan fingerprint density at radius 1 is 1.05 bits per heavy atom. The highest BCUT2D eigenvalue weighted by Gasteiger charge is 2.33. The fourth-order valence-corrected chi connectivity index (χ4v) is 6.03. The summed E-state index contributed by atoms with van der Waals surface area (Å²) in [7, 11) is 5.48. The van der Waals surface area contributed by atoms with Gasteiger partial charge in [-0.25, -0.2) is 9.78 Å². The molecule has 0 bridgehead atoms. The molecule has 8 nitrogen and oxygen atoms in total. The van der Waals surface area contributed by atoms with E-state index >= 15 is 0 Å². The Hall–Kier alpha value is -3.55. The van der Waals surface area contributed by atoms with Crippen molar-refractivity contribution in [1.82, 2.24) is 9.55 Å². The number of amides is 1. The summed E-state index contributed by atoms with van der Waals surface area (Å²) in [4.78, 5) is 33.2. The van der Waals surface area contributed by atoms with Crippen molar-refractivity contribution in [3.63, 3.8) is 0 Å². The molecule has 2 aliphatic rings. The number of aryl methyl sites for hydroxylation is 1. The number of carboxylic acids is 1. The van der Waals surface area contributed by atoms with Gasteiger partial charge in [0.1, 0.15) is 5.82 Å². The molecule has 37 heavy (non-hydrogen) atoms. The lowest BCUT2D eigenvalue weighted by Gasteiger charge is -2.34. The molecule has 1 N–H and O–H groups in total. The van der Waals surface area contributed by atoms with E-state index in [9.17, 15) is 14.7 Å². The molecule has 0 radical (unpaired) electrons. The molecule has 0 spiro atoms. The minimum atomic E-state index is -0.693. The fraction of sp³-hybridized carbons (Fsp3) is 0.483. The quantitative estimate of drug-likeness (QED) is 0.499. The second kappa shape index (κ2) is 10.1. The molecule has 5 rings (SSSR count). The Morgan fingerprint density at radius 3 is 2.38 bits per heavy atom. The second-order valence-corrected chi connectivity index (χ2v) is 10.6. The van der Waals surface area contributed by atoms with E-state index in [0.29, 0.717) is 19.3 Å². The number of carbonyl (C=O) groups is 2. The first-order valence-electron chi connectivity index (χ1n) is 13.2. The lowest BCUT2D eigenvalue weighted by molar-refractivity contribution is -0.143. The van der Waals surface area contributed by atoms with Gasteiger partial charge in [-0.05, 0) is 75.3 Å². The molecule has 1 amide bonds. The van der Waals surface area contributed by atoms with E-state index in [2.05, 4.69) is 39.8 Å². The predicted octanol–water partition coefficient (Wildman–Crippen LogP) is 5.42. The van der Waals surface area contributed by atoms with E-state index in [1.165, 1.54) is 12.7 Å². The zero-order valence-corrected chi connectivity index (χ0v) is 22.1. The van der Waals surface area contributed by atoms with Gasteiger partial charge in [-0.2, -0.15) is 0 Å². The highest BCUT2D eigenvalue weighted by molar-refractivity contribution is 5.95. The number of carbonyl (C=O) groups excluding carboxylic acids is 1. The Balaban J connectivity index is 1.59. The van der Waals surface area contributed by atoms with Gasteiger partial charge in [0.2, 0.25) is 0 Å². The van der Waals surface area contributed by atoms with E-state index in [4.69, 9.17) is 9.72 Å². The molecule has 0 saturated heterocycles. The van der Waals surface area contributed by atoms with Gasteiger partial charge in [0.05, 0.1) is 29.7 Å². The SMILES string of the molecule is COC(=O)N1c2ccc3c(nc(Cc4ccc(N(C)C)cc4)n3C3CCC(C(=O)O)CC3)c2CC[C@@H]1C. The number of carboxylic acid groups (broad SMARTS) is 1. The molecule has 1 aliphatic heterocycles. The summed E-state index contributed by atoms with van der Waals surface area (Å²) in [5, 5.41) is 9.52. The summed E-state index contributed by atoms with van der Waals surface area (Å²) in [6.45, 7) is 2.05. The Kier molecular flexibility index (Phi) is 6.84. The summed E-state index contributed by atoms with van der Waals surface area (Å²) in [6, 6.07) is 12.9. The zero-order valence-electron chi connectivity index (χ0n) is 22.1. The smallest absolute Gasteiger partial charge is 0.414 e. The van der Waals surface area contributed by atoms with E-state index in [-0.39, 0.29) is 24.1 Å². The molecule has 1 saturated carbocycles. The first kappa shape index (κ1) is 25.1. The van der Waals surface area contributed by atoms with E-state index in [0.717, 1.165) is 59.5 Å². The highest BCUT2D eigenvalue weighted by atomic mass is 16.5. The summed E-state index contributed by atoms with van der Waals surface area (Å²) in [6.07, 6.45) is 5.02. The number of methoxy groups -OCH3 is 1. The van der Waals surface area contributed by atoms with Crippen molar-refractivity contribution >= 4 is 34.5 Å². The van der Waals surface area contributed by atoms with E-state index < -0.39 is 5.97 Å². The molecule has 1 atom stereocenters. The molecule has 2 aromatic carbocycles. The second-order valence-electron chi connectivity index (χ2n) is 10.6. The molecule has 8 heteroatoms. The number of anilines is 2.